The van der Waals surface area contributed by atoms with Crippen LogP contribution in [0.15, 0.2) is 12.1 Å². The van der Waals surface area contributed by atoms with Crippen molar-refractivity contribution in [2.45, 2.75) is 55.6 Å². The van der Waals surface area contributed by atoms with Crippen molar-refractivity contribution in [3.05, 3.63) is 23.3 Å². The Labute approximate surface area is 159 Å². The molecule has 3 aliphatic carbocycles. The summed E-state index contributed by atoms with van der Waals surface area (Å²) in [5.74, 6) is 1.60. The number of likely N-dealkylation sites (tertiary alicyclic amines) is 1. The molecule has 27 heavy (non-hydrogen) atoms. The summed E-state index contributed by atoms with van der Waals surface area (Å²) in [5.41, 5.74) is 0.500. The van der Waals surface area contributed by atoms with Crippen molar-refractivity contribution in [1.82, 2.24) is 0 Å². The van der Waals surface area contributed by atoms with Crippen LogP contribution in [-0.2, 0) is 16.6 Å². The van der Waals surface area contributed by atoms with E-state index in [0.29, 0.717) is 18.6 Å². The molecule has 0 amide bonds. The fourth-order valence-electron chi connectivity index (χ4n) is 7.04. The Morgan fingerprint density at radius 1 is 1.30 bits per heavy atom. The van der Waals surface area contributed by atoms with Gasteiger partial charge < -0.3 is 19.4 Å². The molecule has 144 valence electrons. The Bertz CT molecular complexity index is 864. The van der Waals surface area contributed by atoms with Gasteiger partial charge in [0.2, 0.25) is 0 Å². The van der Waals surface area contributed by atoms with Gasteiger partial charge in [-0.25, -0.2) is 0 Å². The van der Waals surface area contributed by atoms with Crippen LogP contribution in [0.2, 0.25) is 0 Å². The lowest BCUT2D eigenvalue weighted by atomic mass is 9.49. The number of carbonyl (C=O) groups excluding carboxylic acids is 1. The van der Waals surface area contributed by atoms with Crippen LogP contribution in [0.1, 0.15) is 43.2 Å². The summed E-state index contributed by atoms with van der Waals surface area (Å²) in [6.45, 7) is 3.10. The van der Waals surface area contributed by atoms with E-state index in [1.807, 2.05) is 6.07 Å². The van der Waals surface area contributed by atoms with Crippen molar-refractivity contribution in [3.63, 3.8) is 0 Å². The van der Waals surface area contributed by atoms with Crippen molar-refractivity contribution < 1.29 is 24.2 Å². The average Bonchev–Trinajstić information content (AvgIpc) is 3.35. The quantitative estimate of drug-likeness (QED) is 0.781. The first-order chi connectivity index (χ1) is 12.9. The van der Waals surface area contributed by atoms with Gasteiger partial charge >= 0.3 is 0 Å². The lowest BCUT2D eigenvalue weighted by Crippen LogP contribution is -2.68. The van der Waals surface area contributed by atoms with Crippen LogP contribution in [0.25, 0.3) is 0 Å². The van der Waals surface area contributed by atoms with E-state index in [1.54, 1.807) is 6.07 Å². The predicted octanol–water partition coefficient (Wildman–Crippen LogP) is 1.92. The molecule has 2 heterocycles. The smallest absolute Gasteiger partial charge is 0.174 e. The monoisotopic (exact) mass is 370 g/mol. The summed E-state index contributed by atoms with van der Waals surface area (Å²) in [5, 5.41) is 22.6. The molecule has 5 nitrogen and oxygen atoms in total. The first-order valence-electron chi connectivity index (χ1n) is 10.5. The molecular weight excluding hydrogens is 342 g/mol. The SMILES string of the molecule is C[N+]1(CC2CC2)CCC23c4c5ccc(O)c4OC2C(=O)CCC3(O)C(C5)C1. The second-order valence-corrected chi connectivity index (χ2v) is 10.1. The molecule has 1 saturated heterocycles. The minimum atomic E-state index is -0.919. The Balaban J connectivity index is 1.57. The zero-order chi connectivity index (χ0) is 18.6. The van der Waals surface area contributed by atoms with Crippen molar-refractivity contribution in [3.8, 4) is 11.5 Å². The van der Waals surface area contributed by atoms with Crippen molar-refractivity contribution >= 4 is 5.78 Å². The van der Waals surface area contributed by atoms with Gasteiger partial charge in [0.25, 0.3) is 0 Å². The number of benzene rings is 1. The van der Waals surface area contributed by atoms with E-state index in [0.717, 1.165) is 47.5 Å². The Morgan fingerprint density at radius 3 is 2.89 bits per heavy atom. The molecule has 1 spiro atoms. The lowest BCUT2D eigenvalue weighted by Gasteiger charge is -2.54. The van der Waals surface area contributed by atoms with E-state index in [2.05, 4.69) is 7.05 Å². The minimum Gasteiger partial charge on any atom is -0.504 e. The number of aliphatic hydroxyl groups is 1. The number of carbonyl (C=O) groups is 1. The molecule has 3 fully saturated rings. The molecule has 1 aromatic rings. The van der Waals surface area contributed by atoms with Gasteiger partial charge in [-0.05, 0) is 37.3 Å². The molecule has 2 saturated carbocycles. The number of phenolic OH excluding ortho intramolecular Hbond substituents is 1. The molecule has 6 rings (SSSR count). The topological polar surface area (TPSA) is 66.8 Å². The summed E-state index contributed by atoms with van der Waals surface area (Å²) < 4.78 is 7.12. The zero-order valence-corrected chi connectivity index (χ0v) is 15.9. The van der Waals surface area contributed by atoms with Crippen molar-refractivity contribution in [1.29, 1.82) is 0 Å². The summed E-state index contributed by atoms with van der Waals surface area (Å²) in [4.78, 5) is 12.9. The van der Waals surface area contributed by atoms with E-state index >= 15 is 0 Å². The molecule has 5 atom stereocenters. The number of nitrogens with zero attached hydrogens (tertiary/aromatic N) is 1. The summed E-state index contributed by atoms with van der Waals surface area (Å²) in [6.07, 6.45) is 4.47. The highest BCUT2D eigenvalue weighted by Crippen LogP contribution is 2.65. The van der Waals surface area contributed by atoms with Crippen LogP contribution < -0.4 is 4.74 Å². The van der Waals surface area contributed by atoms with E-state index in [9.17, 15) is 15.0 Å². The van der Waals surface area contributed by atoms with E-state index in [-0.39, 0.29) is 17.5 Å². The molecule has 5 aliphatic rings. The normalized spacial score (nSPS) is 44.4. The van der Waals surface area contributed by atoms with Crippen molar-refractivity contribution in [2.75, 3.05) is 26.7 Å². The third-order valence-electron chi connectivity index (χ3n) is 8.41. The third-order valence-corrected chi connectivity index (χ3v) is 8.41. The third kappa shape index (κ3) is 1.90. The van der Waals surface area contributed by atoms with Gasteiger partial charge in [-0.15, -0.1) is 0 Å². The molecule has 2 aliphatic heterocycles. The lowest BCUT2D eigenvalue weighted by molar-refractivity contribution is -0.913. The number of ether oxygens (including phenoxy) is 1. The highest BCUT2D eigenvalue weighted by atomic mass is 16.5. The largest absolute Gasteiger partial charge is 0.504 e. The number of aromatic hydroxyl groups is 1. The molecule has 2 bridgehead atoms. The maximum atomic E-state index is 12.9. The number of phenols is 1. The van der Waals surface area contributed by atoms with Crippen LogP contribution in [0.4, 0.5) is 0 Å². The standard InChI is InChI=1S/C22H27NO4/c1-23(11-13-2-3-13)9-8-21-18-14-4-5-16(24)19(18)27-20(21)17(25)6-7-22(21,26)15(10-14)12-23/h4-5,13,15,20,26H,2-3,6-12H2,1H3/p+1. The number of Topliss-reactive ketones (excluding diaryl/α,β-unsaturated/α-hetero) is 1. The summed E-state index contributed by atoms with van der Waals surface area (Å²) in [7, 11) is 2.34. The average molecular weight is 370 g/mol. The number of quaternary nitrogens is 1. The van der Waals surface area contributed by atoms with Crippen molar-refractivity contribution in [2.24, 2.45) is 11.8 Å². The highest BCUT2D eigenvalue weighted by molar-refractivity contribution is 5.89. The first kappa shape index (κ1) is 16.4. The van der Waals surface area contributed by atoms with Gasteiger partial charge in [0, 0.05) is 30.2 Å². The van der Waals surface area contributed by atoms with E-state index in [4.69, 9.17) is 4.74 Å². The first-order valence-corrected chi connectivity index (χ1v) is 10.5. The molecule has 0 radical (unpaired) electrons. The van der Waals surface area contributed by atoms with Gasteiger partial charge in [0.05, 0.1) is 37.7 Å². The Morgan fingerprint density at radius 2 is 2.11 bits per heavy atom. The summed E-state index contributed by atoms with van der Waals surface area (Å²) >= 11 is 0. The molecule has 5 unspecified atom stereocenters. The van der Waals surface area contributed by atoms with Crippen LogP contribution >= 0.6 is 0 Å². The number of rotatable bonds is 2. The highest BCUT2D eigenvalue weighted by Gasteiger charge is 2.72. The molecule has 2 N–H and O–H groups in total. The Hall–Kier alpha value is -1.59. The molecule has 1 aromatic carbocycles. The van der Waals surface area contributed by atoms with Crippen LogP contribution in [-0.4, -0.2) is 58.9 Å². The van der Waals surface area contributed by atoms with Gasteiger partial charge in [-0.3, -0.25) is 4.79 Å². The van der Waals surface area contributed by atoms with Gasteiger partial charge in [0.15, 0.2) is 23.4 Å². The van der Waals surface area contributed by atoms with E-state index < -0.39 is 17.1 Å². The number of hydrogen-bond acceptors (Lipinski definition) is 4. The minimum absolute atomic E-state index is 0.0835. The number of hydrogen-bond donors (Lipinski definition) is 2. The second-order valence-electron chi connectivity index (χ2n) is 10.1. The predicted molar refractivity (Wildman–Crippen MR) is 98.7 cm³/mol. The van der Waals surface area contributed by atoms with E-state index in [1.165, 1.54) is 19.4 Å². The molecule has 0 aromatic heterocycles. The zero-order valence-electron chi connectivity index (χ0n) is 15.9. The van der Waals surface area contributed by atoms with Crippen LogP contribution in [0.5, 0.6) is 11.5 Å². The maximum Gasteiger partial charge on any atom is 0.174 e. The molecular formula is C22H28NO4+. The fraction of sp³-hybridized carbons (Fsp3) is 0.682. The molecule has 5 heteroatoms. The second kappa shape index (κ2) is 4.87. The van der Waals surface area contributed by atoms with Gasteiger partial charge in [-0.2, -0.15) is 0 Å². The Kier molecular flexibility index (Phi) is 2.95. The summed E-state index contributed by atoms with van der Waals surface area (Å²) in [6, 6.07) is 3.69. The van der Waals surface area contributed by atoms with Crippen LogP contribution in [0, 0.1) is 11.8 Å². The number of ketones is 1. The van der Waals surface area contributed by atoms with Gasteiger partial charge in [0.1, 0.15) is 0 Å². The fourth-order valence-corrected chi connectivity index (χ4v) is 7.04. The van der Waals surface area contributed by atoms with Crippen LogP contribution in [0.3, 0.4) is 0 Å². The van der Waals surface area contributed by atoms with Gasteiger partial charge in [-0.1, -0.05) is 6.07 Å². The maximum absolute atomic E-state index is 12.9.